The molecular weight excluding hydrogens is 1300 g/mol. The monoisotopic (exact) mass is 1390 g/mol. The molecule has 0 spiro atoms. The van der Waals surface area contributed by atoms with E-state index in [4.69, 9.17) is 33.2 Å². The summed E-state index contributed by atoms with van der Waals surface area (Å²) >= 11 is 3.39. The number of hydrogen-bond donors (Lipinski definition) is 5. The number of alkyl carbamates (subject to hydrolysis) is 3. The van der Waals surface area contributed by atoms with Gasteiger partial charge in [-0.05, 0) is 174 Å². The van der Waals surface area contributed by atoms with Crippen molar-refractivity contribution in [1.82, 2.24) is 16.0 Å². The highest BCUT2D eigenvalue weighted by Gasteiger charge is 2.55. The van der Waals surface area contributed by atoms with Gasteiger partial charge >= 0.3 is 48.1 Å². The molecule has 2 fully saturated rings. The summed E-state index contributed by atoms with van der Waals surface area (Å²) < 4.78 is 66.3. The van der Waals surface area contributed by atoms with Crippen LogP contribution >= 0.6 is 15.9 Å². The summed E-state index contributed by atoms with van der Waals surface area (Å²) in [6, 6.07) is 33.1. The Morgan fingerprint density at radius 1 is 0.474 bits per heavy atom. The number of aliphatic hydroxyl groups excluding tert-OH is 1. The summed E-state index contributed by atoms with van der Waals surface area (Å²) in [5, 5.41) is 27.4. The Morgan fingerprint density at radius 3 is 1.04 bits per heavy atom. The summed E-state index contributed by atoms with van der Waals surface area (Å²) in [6.45, 7) is 25.4. The molecular formula is C72H90BrF2N3O17. The molecule has 5 aromatic carbocycles. The number of carboxylic acid groups (broad SMARTS) is 1. The Morgan fingerprint density at radius 2 is 0.758 bits per heavy atom. The quantitative estimate of drug-likeness (QED) is 0.0292. The average Bonchev–Trinajstić information content (AvgIpc) is 0.793. The molecule has 95 heavy (non-hydrogen) atoms. The van der Waals surface area contributed by atoms with Gasteiger partial charge in [-0.2, -0.15) is 0 Å². The molecule has 4 atom stereocenters. The van der Waals surface area contributed by atoms with Crippen molar-refractivity contribution in [1.29, 1.82) is 0 Å². The molecule has 3 amide bonds. The zero-order valence-corrected chi connectivity index (χ0v) is 58.5. The fraction of sp³-hybridized carbons (Fsp3) is 0.472. The molecule has 7 rings (SSSR count). The molecule has 23 heteroatoms. The van der Waals surface area contributed by atoms with Crippen molar-refractivity contribution < 1.29 is 90.5 Å². The molecule has 516 valence electrons. The predicted molar refractivity (Wildman–Crippen MR) is 354 cm³/mol. The van der Waals surface area contributed by atoms with Crippen LogP contribution in [-0.2, 0) is 76.4 Å². The number of ether oxygens (including phenoxy) is 7. The van der Waals surface area contributed by atoms with E-state index >= 15 is 0 Å². The zero-order chi connectivity index (χ0) is 71.3. The number of esters is 4. The highest BCUT2D eigenvalue weighted by Crippen LogP contribution is 2.39. The van der Waals surface area contributed by atoms with Gasteiger partial charge in [-0.3, -0.25) is 24.0 Å². The van der Waals surface area contributed by atoms with E-state index < -0.39 is 117 Å². The van der Waals surface area contributed by atoms with Gasteiger partial charge in [0.05, 0.1) is 12.0 Å². The lowest BCUT2D eigenvalue weighted by molar-refractivity contribution is -0.252. The van der Waals surface area contributed by atoms with Gasteiger partial charge in [0.2, 0.25) is 0 Å². The van der Waals surface area contributed by atoms with Crippen LogP contribution in [0, 0.1) is 27.9 Å². The summed E-state index contributed by atoms with van der Waals surface area (Å²) in [5.74, 6) is -7.25. The lowest BCUT2D eigenvalue weighted by Crippen LogP contribution is -2.55. The van der Waals surface area contributed by atoms with Crippen molar-refractivity contribution in [2.45, 2.75) is 196 Å². The lowest BCUT2D eigenvalue weighted by atomic mass is 9.81. The molecule has 5 aromatic rings. The molecule has 20 nitrogen and oxygen atoms in total. The second kappa shape index (κ2) is 31.4. The summed E-state index contributed by atoms with van der Waals surface area (Å²) in [7, 11) is 0. The normalized spacial score (nSPS) is 17.0. The van der Waals surface area contributed by atoms with E-state index in [0.717, 1.165) is 21.2 Å². The zero-order valence-electron chi connectivity index (χ0n) is 56.9. The van der Waals surface area contributed by atoms with Crippen LogP contribution in [0.4, 0.5) is 23.2 Å². The Balaban J connectivity index is 0.000000259. The smallest absolute Gasteiger partial charge is 0.407 e. The Labute approximate surface area is 563 Å². The minimum atomic E-state index is -1.61. The standard InChI is InChI=1S/C27H32FNO6.C24H30FNO5.C21H28BrNO6/c1-25(2,3)35-24(32)29-19(16-27(6)22(30)33-26(4,5)34-23(27)31)15-17-11-13-18(14-12-17)20-9-7-8-10-21(20)28;1-23(2,3)31-22(30)26-18(14-24(4,15-27)21(28)29)13-16-9-11-17(12-10-16)19-7-5-6-8-20(19)25;1-19(2,3)29-18(26)23-15(11-13-7-9-14(22)10-8-13)12-21(6)16(24)27-20(4,5)28-17(21)25/h7-14,19H,15-16H2,1-6H3,(H,29,32);5-12,18,27H,13-15H2,1-4H3,(H,26,30)(H,28,29);7-10,15H,11-12H2,1-6H3,(H,23,26)/t19-;18-,24+;15-/m111/s1. The van der Waals surface area contributed by atoms with E-state index in [9.17, 15) is 57.4 Å². The van der Waals surface area contributed by atoms with E-state index in [0.29, 0.717) is 35.1 Å². The van der Waals surface area contributed by atoms with Crippen LogP contribution in [0.25, 0.3) is 22.3 Å². The van der Waals surface area contributed by atoms with E-state index in [2.05, 4.69) is 31.9 Å². The second-order valence-corrected chi connectivity index (χ2v) is 29.2. The predicted octanol–water partition coefficient (Wildman–Crippen LogP) is 13.7. The minimum absolute atomic E-state index is 0.00708. The van der Waals surface area contributed by atoms with Crippen molar-refractivity contribution in [3.63, 3.8) is 0 Å². The first-order valence-electron chi connectivity index (χ1n) is 31.0. The molecule has 2 aliphatic rings. The van der Waals surface area contributed by atoms with E-state index in [1.165, 1.54) is 60.6 Å². The Kier molecular flexibility index (Phi) is 25.5. The Hall–Kier alpha value is -8.44. The van der Waals surface area contributed by atoms with Crippen molar-refractivity contribution in [2.24, 2.45) is 16.2 Å². The van der Waals surface area contributed by atoms with Gasteiger partial charge in [0.25, 0.3) is 11.6 Å². The molecule has 0 saturated carbocycles. The minimum Gasteiger partial charge on any atom is -0.481 e. The topological polar surface area (TPSA) is 278 Å². The van der Waals surface area contributed by atoms with E-state index in [1.54, 1.807) is 123 Å². The number of aliphatic hydroxyl groups is 1. The largest absolute Gasteiger partial charge is 0.481 e. The molecule has 5 N–H and O–H groups in total. The molecule has 0 bridgehead atoms. The van der Waals surface area contributed by atoms with Crippen LogP contribution in [-0.4, -0.2) is 111 Å². The number of halogens is 3. The molecule has 0 aromatic heterocycles. The fourth-order valence-electron chi connectivity index (χ4n) is 10.1. The Bertz CT molecular complexity index is 3480. The third kappa shape index (κ3) is 23.8. The van der Waals surface area contributed by atoms with Crippen LogP contribution in [0.5, 0.6) is 0 Å². The first kappa shape index (κ1) is 77.3. The molecule has 2 saturated heterocycles. The third-order valence-corrected chi connectivity index (χ3v) is 15.4. The second-order valence-electron chi connectivity index (χ2n) is 28.3. The summed E-state index contributed by atoms with van der Waals surface area (Å²) in [5.41, 5.74) is -1.74. The van der Waals surface area contributed by atoms with Crippen LogP contribution in [0.3, 0.4) is 0 Å². The number of benzene rings is 5. The van der Waals surface area contributed by atoms with Crippen molar-refractivity contribution in [2.75, 3.05) is 6.61 Å². The van der Waals surface area contributed by atoms with Gasteiger partial charge in [0.15, 0.2) is 10.8 Å². The maximum absolute atomic E-state index is 14.1. The van der Waals surface area contributed by atoms with Crippen molar-refractivity contribution >= 4 is 64.1 Å². The number of carbonyl (C=O) groups excluding carboxylic acids is 7. The fourth-order valence-corrected chi connectivity index (χ4v) is 10.3. The number of aliphatic carboxylic acids is 1. The molecule has 2 aliphatic heterocycles. The average molecular weight is 1390 g/mol. The summed E-state index contributed by atoms with van der Waals surface area (Å²) in [4.78, 5) is 99.6. The highest BCUT2D eigenvalue weighted by atomic mass is 79.9. The first-order valence-corrected chi connectivity index (χ1v) is 31.8. The van der Waals surface area contributed by atoms with Gasteiger partial charge in [-0.1, -0.05) is 113 Å². The number of rotatable bonds is 19. The maximum atomic E-state index is 14.1. The van der Waals surface area contributed by atoms with Crippen LogP contribution < -0.4 is 16.0 Å². The number of hydrogen-bond acceptors (Lipinski definition) is 16. The van der Waals surface area contributed by atoms with E-state index in [-0.39, 0.29) is 37.3 Å². The van der Waals surface area contributed by atoms with Gasteiger partial charge in [-0.15, -0.1) is 0 Å². The number of amides is 3. The molecule has 2 heterocycles. The van der Waals surface area contributed by atoms with Gasteiger partial charge in [0.1, 0.15) is 28.4 Å². The lowest BCUT2D eigenvalue weighted by Gasteiger charge is -2.39. The van der Waals surface area contributed by atoms with Crippen LogP contribution in [0.1, 0.15) is 147 Å². The third-order valence-electron chi connectivity index (χ3n) is 14.8. The molecule has 0 aliphatic carbocycles. The van der Waals surface area contributed by atoms with Crippen LogP contribution in [0.15, 0.2) is 126 Å². The first-order chi connectivity index (χ1) is 43.8. The van der Waals surface area contributed by atoms with Gasteiger partial charge in [0, 0.05) is 61.4 Å². The van der Waals surface area contributed by atoms with Gasteiger partial charge in [-0.25, -0.2) is 23.2 Å². The number of carbonyl (C=O) groups is 8. The number of cyclic esters (lactones) is 4. The summed E-state index contributed by atoms with van der Waals surface area (Å²) in [6.07, 6.45) is -1.00. The van der Waals surface area contributed by atoms with Gasteiger partial charge < -0.3 is 59.3 Å². The van der Waals surface area contributed by atoms with E-state index in [1.807, 2.05) is 48.5 Å². The SMILES string of the molecule is CC(C)(C)OC(=O)N[C@H](Cc1ccc(-c2ccccc2F)cc1)CC1(C)C(=O)OC(C)(C)OC1=O.CC(C)(C)OC(=O)N[C@H](Cc1ccc(-c2ccccc2F)cc1)C[C@@](C)(CO)C(=O)O.CC(C)(C)OC(=O)N[C@H](Cc1ccc(Br)cc1)CC1(C)C(=O)OC(C)(C)OC1=O. The molecule has 0 unspecified atom stereocenters. The molecule has 0 radical (unpaired) electrons. The van der Waals surface area contributed by atoms with Crippen LogP contribution in [0.2, 0.25) is 0 Å². The highest BCUT2D eigenvalue weighted by molar-refractivity contribution is 9.10. The number of nitrogens with one attached hydrogen (secondary N) is 3. The van der Waals surface area contributed by atoms with Crippen molar-refractivity contribution in [3.05, 3.63) is 154 Å². The number of carboxylic acids is 1. The maximum Gasteiger partial charge on any atom is 0.407 e. The van der Waals surface area contributed by atoms with Crippen molar-refractivity contribution in [3.8, 4) is 22.3 Å².